The van der Waals surface area contributed by atoms with Crippen LogP contribution >= 0.6 is 0 Å². The Morgan fingerprint density at radius 1 is 1.32 bits per heavy atom. The quantitative estimate of drug-likeness (QED) is 0.852. The van der Waals surface area contributed by atoms with Crippen molar-refractivity contribution in [2.45, 2.75) is 50.2 Å². The predicted octanol–water partition coefficient (Wildman–Crippen LogP) is 3.34. The molecule has 1 aromatic carbocycles. The Bertz CT molecular complexity index is 789. The minimum atomic E-state index is -1.53. The van der Waals surface area contributed by atoms with Gasteiger partial charge in [-0.1, -0.05) is 17.3 Å². The van der Waals surface area contributed by atoms with E-state index in [1.807, 2.05) is 6.07 Å². The van der Waals surface area contributed by atoms with Crippen LogP contribution < -0.4 is 4.74 Å². The molecule has 1 atom stereocenters. The number of hydrogen-bond donors (Lipinski definition) is 0. The van der Waals surface area contributed by atoms with Crippen molar-refractivity contribution in [2.75, 3.05) is 19.7 Å². The normalized spacial score (nSPS) is 26.4. The van der Waals surface area contributed by atoms with Gasteiger partial charge in [0.25, 0.3) is 5.89 Å². The molecule has 5 rings (SSSR count). The molecular formula is C19H22FN3O2. The molecule has 132 valence electrons. The summed E-state index contributed by atoms with van der Waals surface area (Å²) in [5.41, 5.74) is 0.933. The number of hydrogen-bond acceptors (Lipinski definition) is 5. The van der Waals surface area contributed by atoms with E-state index in [9.17, 15) is 0 Å². The molecule has 2 aliphatic heterocycles. The van der Waals surface area contributed by atoms with Crippen molar-refractivity contribution in [1.82, 2.24) is 15.0 Å². The molecule has 0 amide bonds. The van der Waals surface area contributed by atoms with E-state index in [2.05, 4.69) is 27.2 Å². The Labute approximate surface area is 146 Å². The van der Waals surface area contributed by atoms with E-state index in [1.165, 1.54) is 11.1 Å². The van der Waals surface area contributed by atoms with E-state index < -0.39 is 5.67 Å². The molecular weight excluding hydrogens is 321 g/mol. The van der Waals surface area contributed by atoms with Crippen molar-refractivity contribution < 1.29 is 13.7 Å². The summed E-state index contributed by atoms with van der Waals surface area (Å²) in [7, 11) is 0. The second kappa shape index (κ2) is 5.80. The van der Waals surface area contributed by atoms with Crippen LogP contribution in [0, 0.1) is 0 Å². The molecule has 0 bridgehead atoms. The SMILES string of the molecule is FC1(c2nc(C3CC3)no2)CCCN(Cc2ccc3c(c2)CCO3)C1. The summed E-state index contributed by atoms with van der Waals surface area (Å²) in [5.74, 6) is 2.22. The maximum atomic E-state index is 15.5. The average Bonchev–Trinajstić information content (AvgIpc) is 3.15. The van der Waals surface area contributed by atoms with Crippen LogP contribution in [0.2, 0.25) is 0 Å². The summed E-state index contributed by atoms with van der Waals surface area (Å²) in [6, 6.07) is 6.30. The van der Waals surface area contributed by atoms with Crippen molar-refractivity contribution in [3.63, 3.8) is 0 Å². The summed E-state index contributed by atoms with van der Waals surface area (Å²) in [4.78, 5) is 6.52. The van der Waals surface area contributed by atoms with Crippen molar-refractivity contribution >= 4 is 0 Å². The summed E-state index contributed by atoms with van der Waals surface area (Å²) in [5, 5.41) is 3.99. The van der Waals surface area contributed by atoms with Crippen LogP contribution in [0.4, 0.5) is 4.39 Å². The first-order valence-corrected chi connectivity index (χ1v) is 9.20. The van der Waals surface area contributed by atoms with Crippen LogP contribution in [0.5, 0.6) is 5.75 Å². The maximum absolute atomic E-state index is 15.5. The maximum Gasteiger partial charge on any atom is 0.265 e. The van der Waals surface area contributed by atoms with Crippen molar-refractivity contribution in [1.29, 1.82) is 0 Å². The van der Waals surface area contributed by atoms with Gasteiger partial charge in [0.05, 0.1) is 6.61 Å². The largest absolute Gasteiger partial charge is 0.493 e. The predicted molar refractivity (Wildman–Crippen MR) is 89.2 cm³/mol. The molecule has 25 heavy (non-hydrogen) atoms. The van der Waals surface area contributed by atoms with Gasteiger partial charge >= 0.3 is 0 Å². The monoisotopic (exact) mass is 343 g/mol. The molecule has 0 radical (unpaired) electrons. The number of halogens is 1. The van der Waals surface area contributed by atoms with Gasteiger partial charge in [0.2, 0.25) is 5.67 Å². The zero-order valence-corrected chi connectivity index (χ0v) is 14.2. The number of alkyl halides is 1. The standard InChI is InChI=1S/C19H22FN3O2/c20-19(18-21-17(22-25-18)14-3-4-14)7-1-8-23(12-19)11-13-2-5-16-15(10-13)6-9-24-16/h2,5,10,14H,1,3-4,6-9,11-12H2. The highest BCUT2D eigenvalue weighted by Crippen LogP contribution is 2.41. The highest BCUT2D eigenvalue weighted by Gasteiger charge is 2.43. The lowest BCUT2D eigenvalue weighted by Crippen LogP contribution is -2.43. The summed E-state index contributed by atoms with van der Waals surface area (Å²) < 4.78 is 26.4. The van der Waals surface area contributed by atoms with Crippen molar-refractivity contribution in [3.8, 4) is 5.75 Å². The Kier molecular flexibility index (Phi) is 3.55. The molecule has 1 aromatic heterocycles. The molecule has 3 aliphatic rings. The van der Waals surface area contributed by atoms with E-state index in [0.29, 0.717) is 24.7 Å². The number of benzene rings is 1. The minimum absolute atomic E-state index is 0.168. The number of fused-ring (bicyclic) bond motifs is 1. The zero-order valence-electron chi connectivity index (χ0n) is 14.2. The molecule has 5 nitrogen and oxygen atoms in total. The van der Waals surface area contributed by atoms with E-state index in [4.69, 9.17) is 9.26 Å². The molecule has 6 heteroatoms. The number of likely N-dealkylation sites (tertiary alicyclic amines) is 1. The highest BCUT2D eigenvalue weighted by atomic mass is 19.1. The van der Waals surface area contributed by atoms with Gasteiger partial charge in [0.15, 0.2) is 5.82 Å². The lowest BCUT2D eigenvalue weighted by atomic mass is 9.94. The Morgan fingerprint density at radius 3 is 3.12 bits per heavy atom. The third-order valence-corrected chi connectivity index (χ3v) is 5.45. The number of piperidine rings is 1. The molecule has 0 spiro atoms. The van der Waals surface area contributed by atoms with Crippen LogP contribution in [-0.4, -0.2) is 34.7 Å². The molecule has 1 unspecified atom stereocenters. The van der Waals surface area contributed by atoms with Crippen molar-refractivity contribution in [2.24, 2.45) is 0 Å². The fourth-order valence-electron chi connectivity index (χ4n) is 3.93. The molecule has 1 saturated heterocycles. The first-order chi connectivity index (χ1) is 12.2. The zero-order chi connectivity index (χ0) is 16.9. The first kappa shape index (κ1) is 15.3. The van der Waals surface area contributed by atoms with Crippen LogP contribution in [0.1, 0.15) is 54.4 Å². The van der Waals surface area contributed by atoms with Gasteiger partial charge in [0, 0.05) is 25.4 Å². The molecule has 1 saturated carbocycles. The fourth-order valence-corrected chi connectivity index (χ4v) is 3.93. The lowest BCUT2D eigenvalue weighted by Gasteiger charge is -2.35. The first-order valence-electron chi connectivity index (χ1n) is 9.20. The van der Waals surface area contributed by atoms with Gasteiger partial charge in [-0.05, 0) is 49.4 Å². The molecule has 1 aliphatic carbocycles. The number of aromatic nitrogens is 2. The number of rotatable bonds is 4. The summed E-state index contributed by atoms with van der Waals surface area (Å²) >= 11 is 0. The van der Waals surface area contributed by atoms with Gasteiger partial charge in [-0.2, -0.15) is 4.98 Å². The topological polar surface area (TPSA) is 51.4 Å². The van der Waals surface area contributed by atoms with Gasteiger partial charge < -0.3 is 9.26 Å². The summed E-state index contributed by atoms with van der Waals surface area (Å²) in [6.07, 6.45) is 4.39. The van der Waals surface area contributed by atoms with E-state index in [0.717, 1.165) is 51.1 Å². The van der Waals surface area contributed by atoms with Crippen LogP contribution in [0.3, 0.4) is 0 Å². The van der Waals surface area contributed by atoms with E-state index in [1.54, 1.807) is 0 Å². The lowest BCUT2D eigenvalue weighted by molar-refractivity contribution is 0.0124. The second-order valence-electron chi connectivity index (χ2n) is 7.55. The van der Waals surface area contributed by atoms with Crippen LogP contribution in [0.25, 0.3) is 0 Å². The van der Waals surface area contributed by atoms with Gasteiger partial charge in [-0.15, -0.1) is 0 Å². The van der Waals surface area contributed by atoms with E-state index >= 15 is 4.39 Å². The highest BCUT2D eigenvalue weighted by molar-refractivity contribution is 5.39. The molecule has 2 aromatic rings. The number of ether oxygens (including phenoxy) is 1. The third kappa shape index (κ3) is 2.92. The Morgan fingerprint density at radius 2 is 2.24 bits per heavy atom. The number of nitrogens with zero attached hydrogens (tertiary/aromatic N) is 3. The molecule has 3 heterocycles. The molecule has 0 N–H and O–H groups in total. The minimum Gasteiger partial charge on any atom is -0.493 e. The Hall–Kier alpha value is -1.95. The van der Waals surface area contributed by atoms with Gasteiger partial charge in [-0.3, -0.25) is 4.90 Å². The Balaban J connectivity index is 1.31. The van der Waals surface area contributed by atoms with Gasteiger partial charge in [-0.25, -0.2) is 4.39 Å². The van der Waals surface area contributed by atoms with Gasteiger partial charge in [0.1, 0.15) is 5.75 Å². The van der Waals surface area contributed by atoms with Crippen molar-refractivity contribution in [3.05, 3.63) is 41.0 Å². The third-order valence-electron chi connectivity index (χ3n) is 5.45. The fraction of sp³-hybridized carbons (Fsp3) is 0.579. The molecule has 2 fully saturated rings. The second-order valence-corrected chi connectivity index (χ2v) is 7.55. The smallest absolute Gasteiger partial charge is 0.265 e. The average molecular weight is 343 g/mol. The summed E-state index contributed by atoms with van der Waals surface area (Å²) in [6.45, 7) is 2.70. The van der Waals surface area contributed by atoms with Crippen LogP contribution in [0.15, 0.2) is 22.7 Å². The van der Waals surface area contributed by atoms with Crippen LogP contribution in [-0.2, 0) is 18.6 Å². The van der Waals surface area contributed by atoms with E-state index in [-0.39, 0.29) is 5.89 Å².